The number of pyridine rings is 1. The molecule has 1 amide bonds. The molecule has 2 aromatic rings. The van der Waals surface area contributed by atoms with Crippen LogP contribution >= 0.6 is 0 Å². The molecule has 0 fully saturated rings. The molecule has 1 N–H and O–H groups in total. The lowest BCUT2D eigenvalue weighted by molar-refractivity contribution is -0.138. The van der Waals surface area contributed by atoms with Gasteiger partial charge in [0.15, 0.2) is 0 Å². The molecule has 2 heterocycles. The van der Waals surface area contributed by atoms with Gasteiger partial charge in [0.05, 0.1) is 17.3 Å². The van der Waals surface area contributed by atoms with Crippen LogP contribution in [0.2, 0.25) is 0 Å². The van der Waals surface area contributed by atoms with Crippen LogP contribution in [0.5, 0.6) is 0 Å². The predicted molar refractivity (Wildman–Crippen MR) is 81.5 cm³/mol. The van der Waals surface area contributed by atoms with Gasteiger partial charge in [0.2, 0.25) is 5.88 Å². The van der Waals surface area contributed by atoms with Crippen molar-refractivity contribution in [2.45, 2.75) is 45.2 Å². The molecule has 0 radical (unpaired) electrons. The van der Waals surface area contributed by atoms with Gasteiger partial charge < -0.3 is 4.52 Å². The number of carbonyl (C=O) groups excluding carboxylic acids is 1. The lowest BCUT2D eigenvalue weighted by atomic mass is 10.1. The summed E-state index contributed by atoms with van der Waals surface area (Å²) in [5, 5.41) is 5.96. The summed E-state index contributed by atoms with van der Waals surface area (Å²) in [6, 6.07) is 0.765. The quantitative estimate of drug-likeness (QED) is 0.755. The fraction of sp³-hybridized carbons (Fsp3) is 0.438. The minimum absolute atomic E-state index is 0.0773. The van der Waals surface area contributed by atoms with Crippen molar-refractivity contribution >= 4 is 11.8 Å². The summed E-state index contributed by atoms with van der Waals surface area (Å²) in [6.07, 6.45) is 3.44. The number of hydrogen-bond acceptors (Lipinski definition) is 4. The van der Waals surface area contributed by atoms with Gasteiger partial charge in [-0.25, -0.2) is 0 Å². The highest BCUT2D eigenvalue weighted by molar-refractivity contribution is 6.04. The smallest absolute Gasteiger partial charge is 0.338 e. The lowest BCUT2D eigenvalue weighted by Gasteiger charge is -2.11. The van der Waals surface area contributed by atoms with E-state index in [1.165, 1.54) is 6.20 Å². The normalized spacial score (nSPS) is 11.5. The van der Waals surface area contributed by atoms with Gasteiger partial charge in [-0.15, -0.1) is 0 Å². The molecule has 0 saturated heterocycles. The highest BCUT2D eigenvalue weighted by Gasteiger charge is 2.35. The average Bonchev–Trinajstić information content (AvgIpc) is 2.98. The number of carbonyl (C=O) groups is 1. The predicted octanol–water partition coefficient (Wildman–Crippen LogP) is 4.46. The van der Waals surface area contributed by atoms with Crippen LogP contribution in [0.25, 0.3) is 0 Å². The summed E-state index contributed by atoms with van der Waals surface area (Å²) in [5.41, 5.74) is -0.936. The molecule has 5 nitrogen and oxygen atoms in total. The molecular weight excluding hydrogens is 323 g/mol. The molecule has 0 aromatic carbocycles. The monoisotopic (exact) mass is 341 g/mol. The van der Waals surface area contributed by atoms with E-state index in [4.69, 9.17) is 4.52 Å². The molecule has 130 valence electrons. The van der Waals surface area contributed by atoms with Gasteiger partial charge in [-0.05, 0) is 18.9 Å². The van der Waals surface area contributed by atoms with Gasteiger partial charge in [-0.2, -0.15) is 13.2 Å². The first kappa shape index (κ1) is 18.0. The summed E-state index contributed by atoms with van der Waals surface area (Å²) in [7, 11) is 0. The zero-order valence-corrected chi connectivity index (χ0v) is 13.2. The Hall–Kier alpha value is -2.38. The zero-order chi connectivity index (χ0) is 17.6. The third-order valence-corrected chi connectivity index (χ3v) is 3.54. The van der Waals surface area contributed by atoms with E-state index in [0.29, 0.717) is 12.0 Å². The summed E-state index contributed by atoms with van der Waals surface area (Å²) >= 11 is 0. The Balaban J connectivity index is 2.10. The summed E-state index contributed by atoms with van der Waals surface area (Å²) in [6.45, 7) is 2.09. The number of unbranched alkanes of at least 4 members (excludes halogenated alkanes) is 3. The summed E-state index contributed by atoms with van der Waals surface area (Å²) < 4.78 is 43.8. The molecule has 24 heavy (non-hydrogen) atoms. The van der Waals surface area contributed by atoms with E-state index in [1.54, 1.807) is 0 Å². The maximum Gasteiger partial charge on any atom is 0.417 e. The number of rotatable bonds is 7. The number of nitrogens with zero attached hydrogens (tertiary/aromatic N) is 2. The molecule has 0 aliphatic heterocycles. The molecule has 0 spiro atoms. The first-order valence-corrected chi connectivity index (χ1v) is 7.69. The Morgan fingerprint density at radius 1 is 1.25 bits per heavy atom. The average molecular weight is 341 g/mol. The Morgan fingerprint density at radius 2 is 2.04 bits per heavy atom. The number of nitrogens with one attached hydrogen (secondary N) is 1. The van der Waals surface area contributed by atoms with E-state index in [1.807, 2.05) is 0 Å². The second kappa shape index (κ2) is 7.94. The molecule has 0 saturated carbocycles. The molecule has 0 unspecified atom stereocenters. The third kappa shape index (κ3) is 4.56. The number of halogens is 3. The molecule has 2 aromatic heterocycles. The SMILES string of the molecule is CCCCCCc1cnoc1NC(=O)c1cnccc1C(F)(F)F. The number of amides is 1. The fourth-order valence-electron chi connectivity index (χ4n) is 2.28. The van der Waals surface area contributed by atoms with E-state index in [9.17, 15) is 18.0 Å². The number of aryl methyl sites for hydroxylation is 1. The van der Waals surface area contributed by atoms with Crippen LogP contribution in [0.1, 0.15) is 54.1 Å². The minimum atomic E-state index is -4.64. The van der Waals surface area contributed by atoms with Crippen molar-refractivity contribution in [3.63, 3.8) is 0 Å². The maximum atomic E-state index is 13.0. The Kier molecular flexibility index (Phi) is 5.94. The Morgan fingerprint density at radius 3 is 2.75 bits per heavy atom. The highest BCUT2D eigenvalue weighted by Crippen LogP contribution is 2.32. The molecule has 0 atom stereocenters. The minimum Gasteiger partial charge on any atom is -0.338 e. The molecule has 8 heteroatoms. The molecule has 0 bridgehead atoms. The number of anilines is 1. The first-order valence-electron chi connectivity index (χ1n) is 7.69. The van der Waals surface area contributed by atoms with Crippen molar-refractivity contribution < 1.29 is 22.5 Å². The van der Waals surface area contributed by atoms with Crippen molar-refractivity contribution in [1.82, 2.24) is 10.1 Å². The first-order chi connectivity index (χ1) is 11.4. The van der Waals surface area contributed by atoms with Crippen LogP contribution in [-0.2, 0) is 12.6 Å². The third-order valence-electron chi connectivity index (χ3n) is 3.54. The fourth-order valence-corrected chi connectivity index (χ4v) is 2.28. The van der Waals surface area contributed by atoms with Crippen LogP contribution in [0.3, 0.4) is 0 Å². The number of alkyl halides is 3. The second-order valence-corrected chi connectivity index (χ2v) is 5.36. The number of aromatic nitrogens is 2. The van der Waals surface area contributed by atoms with E-state index in [2.05, 4.69) is 22.4 Å². The molecular formula is C16H18F3N3O2. The van der Waals surface area contributed by atoms with Crippen molar-refractivity contribution in [2.24, 2.45) is 0 Å². The summed E-state index contributed by atoms with van der Waals surface area (Å²) in [5.74, 6) is -0.851. The van der Waals surface area contributed by atoms with Crippen LogP contribution in [0.15, 0.2) is 29.2 Å². The Labute approximate surface area is 137 Å². The van der Waals surface area contributed by atoms with Crippen LogP contribution in [-0.4, -0.2) is 16.0 Å². The van der Waals surface area contributed by atoms with Crippen molar-refractivity contribution in [2.75, 3.05) is 5.32 Å². The van der Waals surface area contributed by atoms with E-state index >= 15 is 0 Å². The van der Waals surface area contributed by atoms with Gasteiger partial charge in [0, 0.05) is 18.0 Å². The van der Waals surface area contributed by atoms with Gasteiger partial charge in [-0.1, -0.05) is 31.3 Å². The summed E-state index contributed by atoms with van der Waals surface area (Å²) in [4.78, 5) is 15.8. The van der Waals surface area contributed by atoms with Crippen molar-refractivity contribution in [3.05, 3.63) is 41.3 Å². The topological polar surface area (TPSA) is 68.0 Å². The largest absolute Gasteiger partial charge is 0.417 e. The van der Waals surface area contributed by atoms with Gasteiger partial charge in [-0.3, -0.25) is 15.1 Å². The lowest BCUT2D eigenvalue weighted by Crippen LogP contribution is -2.19. The van der Waals surface area contributed by atoms with Gasteiger partial charge in [0.25, 0.3) is 5.91 Å². The van der Waals surface area contributed by atoms with Crippen LogP contribution in [0.4, 0.5) is 19.1 Å². The Bertz CT molecular complexity index is 683. The van der Waals surface area contributed by atoms with Crippen LogP contribution < -0.4 is 5.32 Å². The van der Waals surface area contributed by atoms with E-state index < -0.39 is 23.2 Å². The molecule has 0 aliphatic rings. The zero-order valence-electron chi connectivity index (χ0n) is 13.2. The van der Waals surface area contributed by atoms with E-state index in [0.717, 1.165) is 44.1 Å². The molecule has 2 rings (SSSR count). The van der Waals surface area contributed by atoms with Crippen molar-refractivity contribution in [3.8, 4) is 0 Å². The number of hydrogen-bond donors (Lipinski definition) is 1. The van der Waals surface area contributed by atoms with Gasteiger partial charge >= 0.3 is 6.18 Å². The van der Waals surface area contributed by atoms with E-state index in [-0.39, 0.29) is 5.88 Å². The standard InChI is InChI=1S/C16H18F3N3O2/c1-2-3-4-5-6-11-9-21-24-15(11)22-14(23)12-10-20-8-7-13(12)16(17,18)19/h7-10H,2-6H2,1H3,(H,22,23). The second-order valence-electron chi connectivity index (χ2n) is 5.36. The maximum absolute atomic E-state index is 13.0. The van der Waals surface area contributed by atoms with Gasteiger partial charge in [0.1, 0.15) is 0 Å². The van der Waals surface area contributed by atoms with Crippen molar-refractivity contribution in [1.29, 1.82) is 0 Å². The highest BCUT2D eigenvalue weighted by atomic mass is 19.4. The molecule has 0 aliphatic carbocycles. The van der Waals surface area contributed by atoms with Crippen LogP contribution in [0, 0.1) is 0 Å².